The van der Waals surface area contributed by atoms with Crippen LogP contribution in [0.15, 0.2) is 12.4 Å². The summed E-state index contributed by atoms with van der Waals surface area (Å²) in [5.41, 5.74) is 4.87. The fourth-order valence-electron chi connectivity index (χ4n) is 1.07. The van der Waals surface area contributed by atoms with E-state index >= 15 is 0 Å². The van der Waals surface area contributed by atoms with Gasteiger partial charge in [-0.3, -0.25) is 9.78 Å². The van der Waals surface area contributed by atoms with Crippen LogP contribution in [-0.4, -0.2) is 16.1 Å². The average Bonchev–Trinajstić information content (AvgIpc) is 2.01. The SMILES string of the molecule is NC(CC(=O)O)c1c(F)cncc1F. The van der Waals surface area contributed by atoms with Gasteiger partial charge < -0.3 is 10.8 Å². The van der Waals surface area contributed by atoms with Crippen molar-refractivity contribution < 1.29 is 18.7 Å². The minimum Gasteiger partial charge on any atom is -0.481 e. The van der Waals surface area contributed by atoms with Crippen LogP contribution in [0.5, 0.6) is 0 Å². The number of carboxylic acids is 1. The Balaban J connectivity index is 2.99. The second-order valence-corrected chi connectivity index (χ2v) is 2.72. The Morgan fingerprint density at radius 2 is 2.00 bits per heavy atom. The molecule has 0 saturated heterocycles. The number of pyridine rings is 1. The molecule has 6 heteroatoms. The number of carbonyl (C=O) groups is 1. The van der Waals surface area contributed by atoms with Crippen molar-refractivity contribution in [2.75, 3.05) is 0 Å². The van der Waals surface area contributed by atoms with Gasteiger partial charge in [0.2, 0.25) is 0 Å². The van der Waals surface area contributed by atoms with Crippen LogP contribution in [0.1, 0.15) is 18.0 Å². The molecule has 0 aliphatic rings. The van der Waals surface area contributed by atoms with Gasteiger partial charge in [-0.2, -0.15) is 0 Å². The molecule has 0 amide bonds. The highest BCUT2D eigenvalue weighted by Crippen LogP contribution is 2.19. The Morgan fingerprint density at radius 3 is 2.43 bits per heavy atom. The third kappa shape index (κ3) is 2.23. The van der Waals surface area contributed by atoms with Gasteiger partial charge in [0.1, 0.15) is 11.6 Å². The van der Waals surface area contributed by atoms with E-state index in [9.17, 15) is 13.6 Å². The van der Waals surface area contributed by atoms with Crippen molar-refractivity contribution in [3.63, 3.8) is 0 Å². The fourth-order valence-corrected chi connectivity index (χ4v) is 1.07. The highest BCUT2D eigenvalue weighted by Gasteiger charge is 2.19. The molecule has 4 nitrogen and oxygen atoms in total. The van der Waals surface area contributed by atoms with Crippen LogP contribution in [0, 0.1) is 11.6 Å². The molecule has 0 fully saturated rings. The number of carboxylic acid groups (broad SMARTS) is 1. The van der Waals surface area contributed by atoms with Gasteiger partial charge in [-0.1, -0.05) is 0 Å². The molecule has 76 valence electrons. The van der Waals surface area contributed by atoms with Crippen LogP contribution < -0.4 is 5.73 Å². The Bertz CT molecular complexity index is 337. The first kappa shape index (κ1) is 10.5. The van der Waals surface area contributed by atoms with Gasteiger partial charge in [0, 0.05) is 11.6 Å². The largest absolute Gasteiger partial charge is 0.481 e. The number of hydrogen-bond acceptors (Lipinski definition) is 3. The molecular formula is C8H8F2N2O2. The topological polar surface area (TPSA) is 76.2 Å². The fraction of sp³-hybridized carbons (Fsp3) is 0.250. The zero-order valence-electron chi connectivity index (χ0n) is 7.08. The first-order valence-electron chi connectivity index (χ1n) is 3.78. The standard InChI is InChI=1S/C8H8F2N2O2/c9-4-2-12-3-5(10)8(4)6(11)1-7(13)14/h2-3,6H,1,11H2,(H,13,14). The summed E-state index contributed by atoms with van der Waals surface area (Å²) in [6.45, 7) is 0. The first-order chi connectivity index (χ1) is 6.52. The molecule has 1 aromatic heterocycles. The summed E-state index contributed by atoms with van der Waals surface area (Å²) in [5.74, 6) is -3.08. The molecule has 0 spiro atoms. The Kier molecular flexibility index (Phi) is 3.08. The summed E-state index contributed by atoms with van der Waals surface area (Å²) in [6.07, 6.45) is 1.05. The molecule has 0 aromatic carbocycles. The summed E-state index contributed by atoms with van der Waals surface area (Å²) in [7, 11) is 0. The van der Waals surface area contributed by atoms with E-state index in [0.717, 1.165) is 12.4 Å². The van der Waals surface area contributed by atoms with Crippen molar-refractivity contribution in [1.29, 1.82) is 0 Å². The molecule has 0 bridgehead atoms. The van der Waals surface area contributed by atoms with Crippen LogP contribution >= 0.6 is 0 Å². The maximum atomic E-state index is 13.0. The van der Waals surface area contributed by atoms with E-state index in [4.69, 9.17) is 10.8 Å². The van der Waals surface area contributed by atoms with Gasteiger partial charge in [-0.15, -0.1) is 0 Å². The molecule has 3 N–H and O–H groups in total. The molecular weight excluding hydrogens is 194 g/mol. The van der Waals surface area contributed by atoms with Crippen molar-refractivity contribution in [3.05, 3.63) is 29.6 Å². The molecule has 0 radical (unpaired) electrons. The molecule has 1 heterocycles. The number of halogens is 2. The summed E-state index contributed by atoms with van der Waals surface area (Å²) in [4.78, 5) is 13.5. The molecule has 1 unspecified atom stereocenters. The average molecular weight is 202 g/mol. The van der Waals surface area contributed by atoms with E-state index in [2.05, 4.69) is 4.98 Å². The van der Waals surface area contributed by atoms with E-state index in [1.54, 1.807) is 0 Å². The van der Waals surface area contributed by atoms with Gasteiger partial charge in [-0.05, 0) is 0 Å². The molecule has 1 aromatic rings. The number of aliphatic carboxylic acids is 1. The monoisotopic (exact) mass is 202 g/mol. The first-order valence-corrected chi connectivity index (χ1v) is 3.78. The Hall–Kier alpha value is -1.56. The predicted molar refractivity (Wildman–Crippen MR) is 43.3 cm³/mol. The number of nitrogens with zero attached hydrogens (tertiary/aromatic N) is 1. The van der Waals surface area contributed by atoms with Gasteiger partial charge in [0.25, 0.3) is 0 Å². The van der Waals surface area contributed by atoms with Crippen LogP contribution in [0.3, 0.4) is 0 Å². The zero-order chi connectivity index (χ0) is 10.7. The number of nitrogens with two attached hydrogens (primary N) is 1. The predicted octanol–water partition coefficient (Wildman–Crippen LogP) is 0.834. The summed E-state index contributed by atoms with van der Waals surface area (Å²) >= 11 is 0. The second-order valence-electron chi connectivity index (χ2n) is 2.72. The summed E-state index contributed by atoms with van der Waals surface area (Å²) in [6, 6.07) is -1.20. The minimum absolute atomic E-state index is 0.442. The van der Waals surface area contributed by atoms with E-state index < -0.39 is 35.6 Å². The smallest absolute Gasteiger partial charge is 0.305 e. The van der Waals surface area contributed by atoms with E-state index in [1.807, 2.05) is 0 Å². The maximum absolute atomic E-state index is 13.0. The lowest BCUT2D eigenvalue weighted by molar-refractivity contribution is -0.137. The number of hydrogen-bond donors (Lipinski definition) is 2. The Labute approximate surface area is 78.4 Å². The van der Waals surface area contributed by atoms with Crippen molar-refractivity contribution in [1.82, 2.24) is 4.98 Å². The molecule has 14 heavy (non-hydrogen) atoms. The van der Waals surface area contributed by atoms with E-state index in [0.29, 0.717) is 0 Å². The van der Waals surface area contributed by atoms with Crippen LogP contribution in [0.4, 0.5) is 8.78 Å². The molecule has 1 atom stereocenters. The molecule has 0 saturated carbocycles. The molecule has 0 aliphatic carbocycles. The van der Waals surface area contributed by atoms with Gasteiger partial charge >= 0.3 is 5.97 Å². The van der Waals surface area contributed by atoms with E-state index in [1.165, 1.54) is 0 Å². The lowest BCUT2D eigenvalue weighted by Gasteiger charge is -2.10. The van der Waals surface area contributed by atoms with Gasteiger partial charge in [0.05, 0.1) is 18.8 Å². The quantitative estimate of drug-likeness (QED) is 0.761. The second kappa shape index (κ2) is 4.10. The van der Waals surface area contributed by atoms with Crippen LogP contribution in [0.2, 0.25) is 0 Å². The van der Waals surface area contributed by atoms with Crippen molar-refractivity contribution in [2.24, 2.45) is 5.73 Å². The third-order valence-corrected chi connectivity index (χ3v) is 1.66. The zero-order valence-corrected chi connectivity index (χ0v) is 7.08. The normalized spacial score (nSPS) is 12.5. The van der Waals surface area contributed by atoms with Crippen molar-refractivity contribution >= 4 is 5.97 Å². The van der Waals surface area contributed by atoms with Crippen molar-refractivity contribution in [2.45, 2.75) is 12.5 Å². The summed E-state index contributed by atoms with van der Waals surface area (Å²) in [5, 5.41) is 8.39. The Morgan fingerprint density at radius 1 is 1.50 bits per heavy atom. The summed E-state index contributed by atoms with van der Waals surface area (Å²) < 4.78 is 26.0. The third-order valence-electron chi connectivity index (χ3n) is 1.66. The van der Waals surface area contributed by atoms with Crippen LogP contribution in [-0.2, 0) is 4.79 Å². The highest BCUT2D eigenvalue weighted by atomic mass is 19.1. The van der Waals surface area contributed by atoms with Gasteiger partial charge in [-0.25, -0.2) is 8.78 Å². The highest BCUT2D eigenvalue weighted by molar-refractivity contribution is 5.67. The minimum atomic E-state index is -1.21. The van der Waals surface area contributed by atoms with Crippen LogP contribution in [0.25, 0.3) is 0 Å². The lowest BCUT2D eigenvalue weighted by Crippen LogP contribution is -2.18. The number of rotatable bonds is 3. The number of aromatic nitrogens is 1. The maximum Gasteiger partial charge on any atom is 0.305 e. The molecule has 0 aliphatic heterocycles. The van der Waals surface area contributed by atoms with Crippen molar-refractivity contribution in [3.8, 4) is 0 Å². The van der Waals surface area contributed by atoms with Gasteiger partial charge in [0.15, 0.2) is 0 Å². The molecule has 1 rings (SSSR count). The van der Waals surface area contributed by atoms with E-state index in [-0.39, 0.29) is 0 Å². The lowest BCUT2D eigenvalue weighted by atomic mass is 10.1.